The fourth-order valence-electron chi connectivity index (χ4n) is 1.18. The lowest BCUT2D eigenvalue weighted by Crippen LogP contribution is -2.24. The predicted octanol–water partition coefficient (Wildman–Crippen LogP) is 0.0182. The molecular formula is C7H8N2O3S. The van der Waals surface area contributed by atoms with E-state index in [-0.39, 0.29) is 11.0 Å². The van der Waals surface area contributed by atoms with E-state index >= 15 is 0 Å². The van der Waals surface area contributed by atoms with E-state index in [9.17, 15) is 9.59 Å². The van der Waals surface area contributed by atoms with Crippen molar-refractivity contribution in [2.45, 2.75) is 12.6 Å². The Morgan fingerprint density at radius 2 is 2.54 bits per heavy atom. The third-order valence-corrected chi connectivity index (χ3v) is 2.49. The largest absolute Gasteiger partial charge is 0.442 e. The molecular weight excluding hydrogens is 192 g/mol. The van der Waals surface area contributed by atoms with E-state index in [1.807, 2.05) is 0 Å². The summed E-state index contributed by atoms with van der Waals surface area (Å²) in [5, 5.41) is 4.24. The van der Waals surface area contributed by atoms with Gasteiger partial charge in [0.15, 0.2) is 0 Å². The van der Waals surface area contributed by atoms with Crippen LogP contribution in [0.3, 0.4) is 0 Å². The van der Waals surface area contributed by atoms with Gasteiger partial charge in [0.05, 0.1) is 13.1 Å². The maximum absolute atomic E-state index is 11.1. The van der Waals surface area contributed by atoms with Gasteiger partial charge in [-0.3, -0.25) is 4.79 Å². The minimum Gasteiger partial charge on any atom is -0.442 e. The fraction of sp³-hybridized carbons (Fsp3) is 0.429. The summed E-state index contributed by atoms with van der Waals surface area (Å²) in [5.41, 5.74) is 0. The molecule has 13 heavy (non-hydrogen) atoms. The lowest BCUT2D eigenvalue weighted by molar-refractivity contribution is 0.130. The van der Waals surface area contributed by atoms with Gasteiger partial charge < -0.3 is 14.6 Å². The number of nitrogens with one attached hydrogen (secondary N) is 1. The molecule has 1 aromatic heterocycles. The Bertz CT molecular complexity index is 370. The highest BCUT2D eigenvalue weighted by Gasteiger charge is 2.22. The molecule has 1 aromatic rings. The molecule has 0 saturated carbocycles. The Morgan fingerprint density at radius 1 is 1.69 bits per heavy atom. The van der Waals surface area contributed by atoms with Gasteiger partial charge in [0.1, 0.15) is 6.10 Å². The number of nitrogens with zero attached hydrogens (tertiary/aromatic N) is 1. The molecule has 6 heteroatoms. The van der Waals surface area contributed by atoms with Gasteiger partial charge in [-0.2, -0.15) is 0 Å². The van der Waals surface area contributed by atoms with Crippen LogP contribution in [0.2, 0.25) is 0 Å². The second-order valence-electron chi connectivity index (χ2n) is 2.73. The highest BCUT2D eigenvalue weighted by atomic mass is 32.1. The number of thiazole rings is 1. The van der Waals surface area contributed by atoms with Gasteiger partial charge in [-0.1, -0.05) is 11.3 Å². The van der Waals surface area contributed by atoms with Gasteiger partial charge in [0, 0.05) is 11.6 Å². The molecule has 1 aliphatic heterocycles. The zero-order valence-corrected chi connectivity index (χ0v) is 7.54. The molecule has 1 amide bonds. The summed E-state index contributed by atoms with van der Waals surface area (Å²) in [5.74, 6) is 0. The van der Waals surface area contributed by atoms with Gasteiger partial charge >= 0.3 is 11.0 Å². The fourth-order valence-corrected chi connectivity index (χ4v) is 1.77. The van der Waals surface area contributed by atoms with E-state index in [0.29, 0.717) is 13.1 Å². The Hall–Kier alpha value is -1.30. The van der Waals surface area contributed by atoms with Crippen molar-refractivity contribution in [3.8, 4) is 0 Å². The molecule has 1 fully saturated rings. The van der Waals surface area contributed by atoms with E-state index in [1.165, 1.54) is 4.57 Å². The molecule has 2 rings (SSSR count). The number of rotatable bonds is 2. The third kappa shape index (κ3) is 1.72. The molecule has 0 spiro atoms. The first kappa shape index (κ1) is 8.31. The van der Waals surface area contributed by atoms with Crippen LogP contribution in [0.4, 0.5) is 4.79 Å². The number of amides is 1. The molecule has 70 valence electrons. The van der Waals surface area contributed by atoms with Crippen LogP contribution in [0, 0.1) is 0 Å². The van der Waals surface area contributed by atoms with Crippen LogP contribution in [0.15, 0.2) is 16.4 Å². The summed E-state index contributed by atoms with van der Waals surface area (Å²) in [4.78, 5) is 21.7. The van der Waals surface area contributed by atoms with E-state index in [0.717, 1.165) is 11.3 Å². The molecule has 0 bridgehead atoms. The van der Waals surface area contributed by atoms with Crippen LogP contribution < -0.4 is 10.2 Å². The van der Waals surface area contributed by atoms with Crippen molar-refractivity contribution in [3.05, 3.63) is 21.2 Å². The number of aromatic nitrogens is 1. The second kappa shape index (κ2) is 3.21. The van der Waals surface area contributed by atoms with E-state index in [2.05, 4.69) is 5.32 Å². The van der Waals surface area contributed by atoms with Crippen molar-refractivity contribution in [1.29, 1.82) is 0 Å². The maximum atomic E-state index is 11.1. The van der Waals surface area contributed by atoms with Crippen LogP contribution in [-0.4, -0.2) is 23.3 Å². The van der Waals surface area contributed by atoms with E-state index < -0.39 is 6.09 Å². The highest BCUT2D eigenvalue weighted by molar-refractivity contribution is 7.07. The first-order chi connectivity index (χ1) is 6.25. The summed E-state index contributed by atoms with van der Waals surface area (Å²) >= 11 is 1.14. The monoisotopic (exact) mass is 200 g/mol. The standard InChI is InChI=1S/C7H8N2O3S/c10-6-8-3-5(12-6)4-9-1-2-13-7(9)11/h1-2,5H,3-4H2,(H,8,10). The topological polar surface area (TPSA) is 60.3 Å². The zero-order valence-electron chi connectivity index (χ0n) is 6.73. The van der Waals surface area contributed by atoms with Crippen LogP contribution in [0.5, 0.6) is 0 Å². The van der Waals surface area contributed by atoms with Crippen LogP contribution in [0.25, 0.3) is 0 Å². The smallest absolute Gasteiger partial charge is 0.407 e. The second-order valence-corrected chi connectivity index (χ2v) is 3.59. The number of carbonyl (C=O) groups is 1. The minimum absolute atomic E-state index is 0.0250. The summed E-state index contributed by atoms with van der Waals surface area (Å²) in [6, 6.07) is 0. The van der Waals surface area contributed by atoms with Gasteiger partial charge in [0.25, 0.3) is 0 Å². The normalized spacial score (nSPS) is 21.2. The molecule has 2 heterocycles. The average molecular weight is 200 g/mol. The van der Waals surface area contributed by atoms with Crippen molar-refractivity contribution in [2.75, 3.05) is 6.54 Å². The molecule has 5 nitrogen and oxygen atoms in total. The molecule has 0 aliphatic carbocycles. The predicted molar refractivity (Wildman–Crippen MR) is 46.9 cm³/mol. The minimum atomic E-state index is -0.409. The number of ether oxygens (including phenoxy) is 1. The molecule has 0 aromatic carbocycles. The Kier molecular flexibility index (Phi) is 2.05. The quantitative estimate of drug-likeness (QED) is 0.732. The van der Waals surface area contributed by atoms with Crippen molar-refractivity contribution in [3.63, 3.8) is 0 Å². The molecule has 1 aliphatic rings. The van der Waals surface area contributed by atoms with Crippen LogP contribution in [-0.2, 0) is 11.3 Å². The summed E-state index contributed by atoms with van der Waals surface area (Å²) < 4.78 is 6.42. The lowest BCUT2D eigenvalue weighted by Gasteiger charge is -2.06. The lowest BCUT2D eigenvalue weighted by atomic mass is 10.3. The molecule has 0 radical (unpaired) electrons. The zero-order chi connectivity index (χ0) is 9.26. The molecule has 1 unspecified atom stereocenters. The first-order valence-electron chi connectivity index (χ1n) is 3.84. The number of carbonyl (C=O) groups excluding carboxylic acids is 1. The Balaban J connectivity index is 2.03. The van der Waals surface area contributed by atoms with Crippen molar-refractivity contribution >= 4 is 17.4 Å². The Labute approximate surface area is 77.9 Å². The van der Waals surface area contributed by atoms with Gasteiger partial charge in [-0.05, 0) is 0 Å². The number of hydrogen-bond donors (Lipinski definition) is 1. The molecule has 1 atom stereocenters. The third-order valence-electron chi connectivity index (χ3n) is 1.79. The van der Waals surface area contributed by atoms with E-state index in [4.69, 9.17) is 4.74 Å². The Morgan fingerprint density at radius 3 is 3.08 bits per heavy atom. The molecule has 1 N–H and O–H groups in total. The van der Waals surface area contributed by atoms with E-state index in [1.54, 1.807) is 11.6 Å². The van der Waals surface area contributed by atoms with Gasteiger partial charge in [0.2, 0.25) is 0 Å². The van der Waals surface area contributed by atoms with Crippen molar-refractivity contribution in [1.82, 2.24) is 9.88 Å². The molecule has 1 saturated heterocycles. The summed E-state index contributed by atoms with van der Waals surface area (Å²) in [7, 11) is 0. The maximum Gasteiger partial charge on any atom is 0.407 e. The van der Waals surface area contributed by atoms with Gasteiger partial charge in [-0.15, -0.1) is 0 Å². The number of cyclic esters (lactones) is 1. The number of hydrogen-bond acceptors (Lipinski definition) is 4. The highest BCUT2D eigenvalue weighted by Crippen LogP contribution is 2.02. The first-order valence-corrected chi connectivity index (χ1v) is 4.72. The van der Waals surface area contributed by atoms with Crippen LogP contribution in [0.1, 0.15) is 0 Å². The summed E-state index contributed by atoms with van der Waals surface area (Å²) in [6.45, 7) is 0.905. The van der Waals surface area contributed by atoms with Crippen LogP contribution >= 0.6 is 11.3 Å². The van der Waals surface area contributed by atoms with Gasteiger partial charge in [-0.25, -0.2) is 4.79 Å². The summed E-state index contributed by atoms with van der Waals surface area (Å²) in [6.07, 6.45) is 1.06. The van der Waals surface area contributed by atoms with Crippen molar-refractivity contribution < 1.29 is 9.53 Å². The van der Waals surface area contributed by atoms with Crippen molar-refractivity contribution in [2.24, 2.45) is 0 Å². The number of alkyl carbamates (subject to hydrolysis) is 1. The SMILES string of the molecule is O=C1NCC(Cn2ccsc2=O)O1. The average Bonchev–Trinajstić information content (AvgIpc) is 2.64.